The zero-order chi connectivity index (χ0) is 58.7. The Kier molecular flexibility index (Phi) is 25.4. The molecule has 79 heavy (non-hydrogen) atoms. The Morgan fingerprint density at radius 2 is 1.11 bits per heavy atom. The van der Waals surface area contributed by atoms with Crippen LogP contribution < -0.4 is 16.0 Å². The van der Waals surface area contributed by atoms with Crippen molar-refractivity contribution in [2.24, 2.45) is 0 Å². The van der Waals surface area contributed by atoms with E-state index in [0.29, 0.717) is 89.5 Å². The zero-order valence-corrected chi connectivity index (χ0v) is 48.8. The highest BCUT2D eigenvalue weighted by Gasteiger charge is 2.31. The molecule has 3 aliphatic heterocycles. The normalized spacial score (nSPS) is 17.4. The predicted molar refractivity (Wildman–Crippen MR) is 295 cm³/mol. The maximum Gasteiger partial charge on any atom is 0.326 e. The number of nitrogens with zero attached hydrogens (tertiary/aromatic N) is 6. The fourth-order valence-corrected chi connectivity index (χ4v) is 9.48. The molecule has 6 amide bonds. The molecule has 440 valence electrons. The molecule has 1 saturated heterocycles. The van der Waals surface area contributed by atoms with Crippen molar-refractivity contribution in [2.45, 2.75) is 130 Å². The van der Waals surface area contributed by atoms with Crippen molar-refractivity contribution in [3.8, 4) is 0 Å². The minimum atomic E-state index is -1.29. The van der Waals surface area contributed by atoms with Crippen LogP contribution in [0, 0.1) is 0 Å². The van der Waals surface area contributed by atoms with E-state index in [1.54, 1.807) is 79.3 Å². The number of carboxylic acids is 1. The molecule has 0 radical (unpaired) electrons. The van der Waals surface area contributed by atoms with Crippen molar-refractivity contribution in [3.63, 3.8) is 0 Å². The number of amides is 6. The second-order valence-corrected chi connectivity index (χ2v) is 24.0. The molecule has 3 heterocycles. The van der Waals surface area contributed by atoms with E-state index in [4.69, 9.17) is 14.2 Å². The molecule has 4 N–H and O–H groups in total. The van der Waals surface area contributed by atoms with E-state index in [1.807, 2.05) is 31.9 Å². The van der Waals surface area contributed by atoms with Crippen LogP contribution in [0.4, 0.5) is 0 Å². The molecule has 0 unspecified atom stereocenters. The van der Waals surface area contributed by atoms with E-state index in [0.717, 1.165) is 28.2 Å². The number of carboxylic acid groups (broad SMARTS) is 1. The maximum atomic E-state index is 14.3. The monoisotopic (exact) mass is 1130 g/mol. The summed E-state index contributed by atoms with van der Waals surface area (Å²) in [6, 6.07) is 2.91. The molecule has 2 atom stereocenters. The molecule has 0 bridgehead atoms. The maximum absolute atomic E-state index is 14.3. The van der Waals surface area contributed by atoms with Gasteiger partial charge >= 0.3 is 23.9 Å². The summed E-state index contributed by atoms with van der Waals surface area (Å²) in [6.45, 7) is 19.3. The molecule has 0 aromatic heterocycles. The summed E-state index contributed by atoms with van der Waals surface area (Å²) < 4.78 is 17.0. The van der Waals surface area contributed by atoms with Crippen molar-refractivity contribution < 1.29 is 67.3 Å². The third kappa shape index (κ3) is 24.1. The zero-order valence-electron chi connectivity index (χ0n) is 47.9. The van der Waals surface area contributed by atoms with E-state index in [9.17, 15) is 53.1 Å². The molecule has 0 saturated carbocycles. The fraction of sp³-hybridized carbons (Fsp3) is 0.673. The number of rotatable bonds is 23. The molecule has 0 aliphatic carbocycles. The van der Waals surface area contributed by atoms with E-state index in [-0.39, 0.29) is 58.0 Å². The van der Waals surface area contributed by atoms with Crippen molar-refractivity contribution in [1.82, 2.24) is 45.3 Å². The number of thioether (sulfide) groups is 1. The van der Waals surface area contributed by atoms with Gasteiger partial charge in [0.15, 0.2) is 0 Å². The molecule has 1 fully saturated rings. The Morgan fingerprint density at radius 3 is 1.57 bits per heavy atom. The van der Waals surface area contributed by atoms with Crippen molar-refractivity contribution in [1.29, 1.82) is 0 Å². The first kappa shape index (κ1) is 65.6. The number of benzene rings is 1. The Bertz CT molecular complexity index is 2300. The number of carbonyl (C=O) groups excluding carboxylic acids is 9. The quantitative estimate of drug-likeness (QED) is 0.0523. The van der Waals surface area contributed by atoms with E-state index in [1.165, 1.54) is 11.8 Å². The third-order valence-corrected chi connectivity index (χ3v) is 13.4. The molecular weight excluding hydrogens is 1040 g/mol. The molecule has 3 aliphatic rings. The van der Waals surface area contributed by atoms with Crippen LogP contribution in [0.25, 0.3) is 0 Å². The summed E-state index contributed by atoms with van der Waals surface area (Å²) in [4.78, 5) is 141. The van der Waals surface area contributed by atoms with Gasteiger partial charge in [0, 0.05) is 89.7 Å². The van der Waals surface area contributed by atoms with E-state index >= 15 is 0 Å². The Hall–Kier alpha value is -5.95. The molecule has 23 nitrogen and oxygen atoms in total. The van der Waals surface area contributed by atoms with Gasteiger partial charge in [0.2, 0.25) is 17.7 Å². The van der Waals surface area contributed by atoms with Crippen LogP contribution in [0.2, 0.25) is 0 Å². The number of ether oxygens (including phenoxy) is 3. The number of unbranched alkanes of at least 4 members (excludes halogenated alkanes) is 1. The van der Waals surface area contributed by atoms with Gasteiger partial charge in [0.25, 0.3) is 17.7 Å². The summed E-state index contributed by atoms with van der Waals surface area (Å²) in [5, 5.41) is 17.5. The van der Waals surface area contributed by atoms with E-state index < -0.39 is 88.8 Å². The number of imide groups is 1. The number of hydrogen-bond acceptors (Lipinski definition) is 18. The Balaban J connectivity index is 1.43. The third-order valence-electron chi connectivity index (χ3n) is 12.8. The van der Waals surface area contributed by atoms with Crippen LogP contribution in [0.5, 0.6) is 0 Å². The Labute approximate surface area is 469 Å². The molecule has 24 heteroatoms. The highest BCUT2D eigenvalue weighted by Crippen LogP contribution is 2.24. The van der Waals surface area contributed by atoms with Crippen LogP contribution >= 0.6 is 11.8 Å². The summed E-state index contributed by atoms with van der Waals surface area (Å²) in [5.74, 6) is -4.95. The van der Waals surface area contributed by atoms with Gasteiger partial charge in [0.1, 0.15) is 28.9 Å². The largest absolute Gasteiger partial charge is 0.480 e. The lowest BCUT2D eigenvalue weighted by Gasteiger charge is -2.35. The van der Waals surface area contributed by atoms with Crippen LogP contribution in [0.15, 0.2) is 30.4 Å². The first-order chi connectivity index (χ1) is 37.0. The summed E-state index contributed by atoms with van der Waals surface area (Å²) in [7, 11) is 0. The molecular formula is C55H85N9O14S. The van der Waals surface area contributed by atoms with Crippen LogP contribution in [-0.2, 0) is 70.3 Å². The van der Waals surface area contributed by atoms with Crippen LogP contribution in [0.3, 0.4) is 0 Å². The predicted octanol–water partition coefficient (Wildman–Crippen LogP) is 1.45. The van der Waals surface area contributed by atoms with Gasteiger partial charge < -0.3 is 40.2 Å². The number of aliphatic carboxylic acids is 1. The Morgan fingerprint density at radius 1 is 0.633 bits per heavy atom. The number of fused-ring (bicyclic) bond motifs is 1. The van der Waals surface area contributed by atoms with E-state index in [2.05, 4.69) is 16.0 Å². The van der Waals surface area contributed by atoms with Crippen molar-refractivity contribution in [3.05, 3.63) is 47.0 Å². The van der Waals surface area contributed by atoms with Gasteiger partial charge in [0.05, 0.1) is 32.7 Å². The summed E-state index contributed by atoms with van der Waals surface area (Å²) in [5.41, 5.74) is -0.289. The minimum Gasteiger partial charge on any atom is -0.480 e. The average molecular weight is 1130 g/mol. The van der Waals surface area contributed by atoms with Crippen LogP contribution in [0.1, 0.15) is 109 Å². The van der Waals surface area contributed by atoms with Crippen molar-refractivity contribution >= 4 is 71.1 Å². The number of nitrogens with one attached hydrogen (secondary N) is 3. The minimum absolute atomic E-state index is 0.000268. The van der Waals surface area contributed by atoms with Crippen molar-refractivity contribution in [2.75, 3.05) is 110 Å². The smallest absolute Gasteiger partial charge is 0.326 e. The SMILES string of the molecule is CSCC[C@H](NC(=O)c1cccc2c1CCN(C(=O)CN1CCN(CC(=O)OC(C)(C)C)CCN(CC(=O)OC(C)(C)C)CCN(CC(=O)OC(C)(C)C)CC1)C2)C(=O)NCC(=O)N[C@@H](CCCCN1C(=O)C=CC1=O)C(=O)O. The first-order valence-corrected chi connectivity index (χ1v) is 28.4. The second-order valence-electron chi connectivity index (χ2n) is 23.0. The molecule has 0 spiro atoms. The highest BCUT2D eigenvalue weighted by atomic mass is 32.2. The second kappa shape index (κ2) is 30.6. The van der Waals surface area contributed by atoms with Gasteiger partial charge in [-0.3, -0.25) is 67.7 Å². The summed E-state index contributed by atoms with van der Waals surface area (Å²) >= 11 is 1.46. The number of hydrogen-bond donors (Lipinski definition) is 4. The lowest BCUT2D eigenvalue weighted by atomic mass is 9.93. The average Bonchev–Trinajstić information content (AvgIpc) is 3.66. The molecule has 4 rings (SSSR count). The lowest BCUT2D eigenvalue weighted by Crippen LogP contribution is -2.51. The molecule has 1 aromatic carbocycles. The van der Waals surface area contributed by atoms with Gasteiger partial charge in [-0.15, -0.1) is 0 Å². The standard InChI is InChI=1S/C55H85N9O14S/c1-53(2,3)76-47(69)35-60-25-23-59(24-26-61(36-48(70)77-54(4,5)6)28-30-62(29-27-60)37-49(71)78-55(7,8)9)34-46(68)63-22-19-39-38(33-63)14-13-15-40(39)50(72)58-41(20-31-79-10)51(73)56-32-43(65)57-42(52(74)75)16-11-12-21-64-44(66)17-18-45(64)67/h13-15,17-18,41-42H,11-12,16,19-37H2,1-10H3,(H,56,73)(H,57,65)(H,58,72)(H,74,75)/t41-,42-/m0/s1. The fourth-order valence-electron chi connectivity index (χ4n) is 9.01. The first-order valence-electron chi connectivity index (χ1n) is 27.1. The van der Waals surface area contributed by atoms with Gasteiger partial charge in [-0.25, -0.2) is 4.79 Å². The number of carbonyl (C=O) groups is 10. The van der Waals surface area contributed by atoms with Gasteiger partial charge in [-0.05, 0) is 124 Å². The highest BCUT2D eigenvalue weighted by molar-refractivity contribution is 7.98. The van der Waals surface area contributed by atoms with Gasteiger partial charge in [-0.2, -0.15) is 11.8 Å². The topological polar surface area (TPSA) is 274 Å². The lowest BCUT2D eigenvalue weighted by molar-refractivity contribution is -0.158. The summed E-state index contributed by atoms with van der Waals surface area (Å²) in [6.07, 6.45) is 5.39. The van der Waals surface area contributed by atoms with Crippen LogP contribution in [-0.4, -0.2) is 233 Å². The molecule has 1 aromatic rings. The number of esters is 3. The van der Waals surface area contributed by atoms with Gasteiger partial charge in [-0.1, -0.05) is 12.1 Å².